The molecule has 1 saturated carbocycles. The molecular weight excluding hydrogens is 342 g/mol. The highest BCUT2D eigenvalue weighted by Crippen LogP contribution is 2.42. The number of hydrogen-bond acceptors (Lipinski definition) is 3. The van der Waals surface area contributed by atoms with Crippen LogP contribution < -0.4 is 10.6 Å². The van der Waals surface area contributed by atoms with Crippen molar-refractivity contribution in [2.75, 3.05) is 11.9 Å². The summed E-state index contributed by atoms with van der Waals surface area (Å²) in [6, 6.07) is 16.7. The summed E-state index contributed by atoms with van der Waals surface area (Å²) in [4.78, 5) is 38.4. The van der Waals surface area contributed by atoms with Crippen molar-refractivity contribution in [1.82, 2.24) is 10.2 Å². The van der Waals surface area contributed by atoms with Gasteiger partial charge in [0.15, 0.2) is 0 Å². The number of urea groups is 1. The molecule has 1 heterocycles. The number of benzene rings is 2. The molecule has 27 heavy (non-hydrogen) atoms. The quantitative estimate of drug-likeness (QED) is 0.802. The fourth-order valence-electron chi connectivity index (χ4n) is 3.59. The number of hydrogen-bond donors (Lipinski definition) is 2. The average molecular weight is 363 g/mol. The third kappa shape index (κ3) is 3.18. The minimum absolute atomic E-state index is 0.167. The van der Waals surface area contributed by atoms with Gasteiger partial charge < -0.3 is 10.6 Å². The molecule has 2 aromatic rings. The Labute approximate surface area is 157 Å². The molecule has 0 radical (unpaired) electrons. The van der Waals surface area contributed by atoms with Crippen LogP contribution in [0, 0.1) is 5.92 Å². The number of para-hydroxylation sites is 1. The van der Waals surface area contributed by atoms with E-state index in [4.69, 9.17) is 0 Å². The lowest BCUT2D eigenvalue weighted by Crippen LogP contribution is -2.46. The summed E-state index contributed by atoms with van der Waals surface area (Å²) in [6.45, 7) is 1.45. The number of rotatable bonds is 5. The van der Waals surface area contributed by atoms with Crippen molar-refractivity contribution in [2.45, 2.75) is 25.3 Å². The molecule has 6 heteroatoms. The molecule has 1 aliphatic carbocycles. The van der Waals surface area contributed by atoms with E-state index in [1.165, 1.54) is 0 Å². The summed E-state index contributed by atoms with van der Waals surface area (Å²) in [5.41, 5.74) is 1.63. The Morgan fingerprint density at radius 2 is 1.78 bits per heavy atom. The molecule has 2 fully saturated rings. The van der Waals surface area contributed by atoms with Crippen LogP contribution >= 0.6 is 0 Å². The van der Waals surface area contributed by atoms with Crippen LogP contribution in [-0.4, -0.2) is 34.8 Å². The van der Waals surface area contributed by atoms with Gasteiger partial charge in [-0.2, -0.15) is 0 Å². The summed E-state index contributed by atoms with van der Waals surface area (Å²) in [7, 11) is 0. The number of carbonyl (C=O) groups excluding carboxylic acids is 3. The first-order valence-corrected chi connectivity index (χ1v) is 9.07. The van der Waals surface area contributed by atoms with Crippen LogP contribution in [0.3, 0.4) is 0 Å². The highest BCUT2D eigenvalue weighted by atomic mass is 16.2. The second kappa shape index (κ2) is 6.54. The van der Waals surface area contributed by atoms with Gasteiger partial charge in [-0.25, -0.2) is 4.79 Å². The minimum Gasteiger partial charge on any atom is -0.324 e. The zero-order valence-corrected chi connectivity index (χ0v) is 15.1. The molecule has 0 spiro atoms. The van der Waals surface area contributed by atoms with E-state index in [2.05, 4.69) is 10.6 Å². The Balaban J connectivity index is 1.49. The van der Waals surface area contributed by atoms with E-state index in [1.807, 2.05) is 48.5 Å². The Morgan fingerprint density at radius 1 is 1.11 bits per heavy atom. The van der Waals surface area contributed by atoms with E-state index in [0.29, 0.717) is 5.69 Å². The van der Waals surface area contributed by atoms with Crippen molar-refractivity contribution in [2.24, 2.45) is 5.92 Å². The zero-order valence-electron chi connectivity index (χ0n) is 15.1. The van der Waals surface area contributed by atoms with Crippen LogP contribution in [0.2, 0.25) is 0 Å². The average Bonchev–Trinajstić information content (AvgIpc) is 3.49. The van der Waals surface area contributed by atoms with Crippen molar-refractivity contribution >= 4 is 23.5 Å². The lowest BCUT2D eigenvalue weighted by molar-refractivity contribution is -0.134. The van der Waals surface area contributed by atoms with E-state index in [0.717, 1.165) is 28.9 Å². The van der Waals surface area contributed by atoms with Crippen LogP contribution in [0.4, 0.5) is 10.5 Å². The number of nitrogens with zero attached hydrogens (tertiary/aromatic N) is 1. The lowest BCUT2D eigenvalue weighted by Gasteiger charge is -2.21. The van der Waals surface area contributed by atoms with E-state index >= 15 is 0 Å². The van der Waals surface area contributed by atoms with Gasteiger partial charge in [0.1, 0.15) is 12.1 Å². The van der Waals surface area contributed by atoms with Gasteiger partial charge in [-0.3, -0.25) is 14.5 Å². The fourth-order valence-corrected chi connectivity index (χ4v) is 3.59. The molecule has 0 aromatic heterocycles. The van der Waals surface area contributed by atoms with E-state index in [1.54, 1.807) is 13.0 Å². The maximum atomic E-state index is 12.7. The Bertz CT molecular complexity index is 908. The third-order valence-corrected chi connectivity index (χ3v) is 5.28. The second-order valence-corrected chi connectivity index (χ2v) is 7.26. The summed E-state index contributed by atoms with van der Waals surface area (Å²) in [5.74, 6) is -0.552. The van der Waals surface area contributed by atoms with Crippen LogP contribution in [0.5, 0.6) is 0 Å². The smallest absolute Gasteiger partial charge is 0.324 e. The standard InChI is InChI=1S/C21H21N3O3/c1-21(15-11-12-15)19(26)24(20(27)23-21)13-18(25)22-17-10-6-5-9-16(17)14-7-3-2-4-8-14/h2-10,15H,11-13H2,1H3,(H,22,25)(H,23,27)/t21-/m0/s1. The predicted molar refractivity (Wildman–Crippen MR) is 102 cm³/mol. The maximum absolute atomic E-state index is 12.7. The van der Waals surface area contributed by atoms with Crippen molar-refractivity contribution in [3.63, 3.8) is 0 Å². The molecule has 138 valence electrons. The molecule has 1 atom stereocenters. The largest absolute Gasteiger partial charge is 0.325 e. The Hall–Kier alpha value is -3.15. The van der Waals surface area contributed by atoms with Gasteiger partial charge in [-0.1, -0.05) is 48.5 Å². The van der Waals surface area contributed by atoms with Gasteiger partial charge >= 0.3 is 6.03 Å². The summed E-state index contributed by atoms with van der Waals surface area (Å²) < 4.78 is 0. The lowest BCUT2D eigenvalue weighted by atomic mass is 9.96. The highest BCUT2D eigenvalue weighted by Gasteiger charge is 2.56. The molecule has 2 N–H and O–H groups in total. The molecule has 6 nitrogen and oxygen atoms in total. The van der Waals surface area contributed by atoms with E-state index < -0.39 is 17.5 Å². The first-order chi connectivity index (χ1) is 13.0. The van der Waals surface area contributed by atoms with Gasteiger partial charge in [-0.15, -0.1) is 0 Å². The number of anilines is 1. The summed E-state index contributed by atoms with van der Waals surface area (Å²) in [5, 5.41) is 5.59. The predicted octanol–water partition coefficient (Wildman–Crippen LogP) is 3.01. The van der Waals surface area contributed by atoms with E-state index in [-0.39, 0.29) is 18.4 Å². The van der Waals surface area contributed by atoms with Crippen LogP contribution in [-0.2, 0) is 9.59 Å². The van der Waals surface area contributed by atoms with Crippen molar-refractivity contribution < 1.29 is 14.4 Å². The Morgan fingerprint density at radius 3 is 2.48 bits per heavy atom. The first kappa shape index (κ1) is 17.3. The van der Waals surface area contributed by atoms with Crippen molar-refractivity contribution in [3.05, 3.63) is 54.6 Å². The van der Waals surface area contributed by atoms with Crippen LogP contribution in [0.25, 0.3) is 11.1 Å². The molecule has 4 rings (SSSR count). The van der Waals surface area contributed by atoms with Crippen LogP contribution in [0.15, 0.2) is 54.6 Å². The van der Waals surface area contributed by atoms with Gasteiger partial charge in [0, 0.05) is 11.3 Å². The number of imide groups is 1. The highest BCUT2D eigenvalue weighted by molar-refractivity contribution is 6.10. The summed E-state index contributed by atoms with van der Waals surface area (Å²) in [6.07, 6.45) is 1.85. The second-order valence-electron chi connectivity index (χ2n) is 7.26. The van der Waals surface area contributed by atoms with Crippen molar-refractivity contribution in [1.29, 1.82) is 0 Å². The van der Waals surface area contributed by atoms with Gasteiger partial charge in [0.25, 0.3) is 5.91 Å². The van der Waals surface area contributed by atoms with Crippen LogP contribution in [0.1, 0.15) is 19.8 Å². The maximum Gasteiger partial charge on any atom is 0.325 e. The first-order valence-electron chi connectivity index (χ1n) is 9.07. The molecule has 2 aliphatic rings. The molecule has 1 aliphatic heterocycles. The molecule has 0 unspecified atom stereocenters. The van der Waals surface area contributed by atoms with Crippen molar-refractivity contribution in [3.8, 4) is 11.1 Å². The normalized spacial score (nSPS) is 21.9. The number of amides is 4. The SMILES string of the molecule is C[C@@]1(C2CC2)NC(=O)N(CC(=O)Nc2ccccc2-c2ccccc2)C1=O. The number of nitrogens with one attached hydrogen (secondary N) is 2. The molecule has 4 amide bonds. The molecule has 1 saturated heterocycles. The van der Waals surface area contributed by atoms with E-state index in [9.17, 15) is 14.4 Å². The molecule has 2 aromatic carbocycles. The fraction of sp³-hybridized carbons (Fsp3) is 0.286. The minimum atomic E-state index is -0.876. The van der Waals surface area contributed by atoms with Gasteiger partial charge in [-0.05, 0) is 37.3 Å². The zero-order chi connectivity index (χ0) is 19.0. The number of carbonyl (C=O) groups is 3. The topological polar surface area (TPSA) is 78.5 Å². The van der Waals surface area contributed by atoms with Gasteiger partial charge in [0.05, 0.1) is 0 Å². The molecule has 0 bridgehead atoms. The summed E-state index contributed by atoms with van der Waals surface area (Å²) >= 11 is 0. The Kier molecular flexibility index (Phi) is 4.18. The monoisotopic (exact) mass is 363 g/mol. The molecular formula is C21H21N3O3. The third-order valence-electron chi connectivity index (χ3n) is 5.28. The van der Waals surface area contributed by atoms with Gasteiger partial charge in [0.2, 0.25) is 5.91 Å².